The third kappa shape index (κ3) is 3.39. The maximum atomic E-state index is 12.6. The number of hydrogen-bond donors (Lipinski definition) is 1. The van der Waals surface area contributed by atoms with Gasteiger partial charge in [-0.2, -0.15) is 0 Å². The van der Waals surface area contributed by atoms with Crippen LogP contribution in [0.5, 0.6) is 0 Å². The van der Waals surface area contributed by atoms with Gasteiger partial charge in [-0.05, 0) is 53.7 Å². The number of rotatable bonds is 4. The minimum atomic E-state index is 0.136. The van der Waals surface area contributed by atoms with E-state index in [-0.39, 0.29) is 5.91 Å². The van der Waals surface area contributed by atoms with Crippen LogP contribution in [-0.2, 0) is 6.54 Å². The second-order valence-corrected chi connectivity index (χ2v) is 6.15. The highest BCUT2D eigenvalue weighted by molar-refractivity contribution is 9.10. The van der Waals surface area contributed by atoms with Crippen molar-refractivity contribution in [2.45, 2.75) is 32.7 Å². The average molecular weight is 328 g/mol. The van der Waals surface area contributed by atoms with E-state index in [1.807, 2.05) is 21.7 Å². The zero-order chi connectivity index (χ0) is 13.8. The van der Waals surface area contributed by atoms with Crippen molar-refractivity contribution >= 4 is 21.8 Å². The number of aryl methyl sites for hydroxylation is 1. The maximum Gasteiger partial charge on any atom is 0.270 e. The van der Waals surface area contributed by atoms with Crippen molar-refractivity contribution in [2.75, 3.05) is 19.6 Å². The van der Waals surface area contributed by atoms with Gasteiger partial charge in [0.1, 0.15) is 5.69 Å². The summed E-state index contributed by atoms with van der Waals surface area (Å²) in [6.45, 7) is 5.31. The van der Waals surface area contributed by atoms with Crippen molar-refractivity contribution in [2.24, 2.45) is 11.7 Å². The van der Waals surface area contributed by atoms with Gasteiger partial charge < -0.3 is 15.2 Å². The highest BCUT2D eigenvalue weighted by Gasteiger charge is 2.25. The summed E-state index contributed by atoms with van der Waals surface area (Å²) in [5.74, 6) is 0.591. The Hall–Kier alpha value is -0.810. The summed E-state index contributed by atoms with van der Waals surface area (Å²) in [5.41, 5.74) is 6.52. The van der Waals surface area contributed by atoms with E-state index in [9.17, 15) is 4.79 Å². The molecule has 0 spiro atoms. The van der Waals surface area contributed by atoms with Gasteiger partial charge in [0.25, 0.3) is 5.91 Å². The molecular formula is C14H22BrN3O. The molecule has 0 radical (unpaired) electrons. The minimum Gasteiger partial charge on any atom is -0.342 e. The zero-order valence-corrected chi connectivity index (χ0v) is 13.0. The van der Waals surface area contributed by atoms with E-state index < -0.39 is 0 Å². The second kappa shape index (κ2) is 6.57. The molecule has 1 atom stereocenters. The molecule has 4 nitrogen and oxygen atoms in total. The normalized spacial score (nSPS) is 19.7. The number of hydrogen-bond acceptors (Lipinski definition) is 2. The Kier molecular flexibility index (Phi) is 5.05. The van der Waals surface area contributed by atoms with Crippen LogP contribution < -0.4 is 5.73 Å². The standard InChI is InChI=1S/C14H22BrN3O/c1-2-5-17-10-12(15)7-13(17)14(19)18-6-3-4-11(8-16)9-18/h7,10-11H,2-6,8-9,16H2,1H3. The van der Waals surface area contributed by atoms with Gasteiger partial charge in [-0.3, -0.25) is 4.79 Å². The predicted molar refractivity (Wildman–Crippen MR) is 80.1 cm³/mol. The summed E-state index contributed by atoms with van der Waals surface area (Å²) in [6.07, 6.45) is 5.21. The molecule has 1 amide bonds. The molecule has 1 aromatic heterocycles. The summed E-state index contributed by atoms with van der Waals surface area (Å²) in [6, 6.07) is 1.92. The van der Waals surface area contributed by atoms with Crippen molar-refractivity contribution in [1.82, 2.24) is 9.47 Å². The van der Waals surface area contributed by atoms with E-state index >= 15 is 0 Å². The molecule has 0 aromatic carbocycles. The first-order valence-corrected chi connectivity index (χ1v) is 7.80. The number of aromatic nitrogens is 1. The molecular weight excluding hydrogens is 306 g/mol. The average Bonchev–Trinajstić information content (AvgIpc) is 2.79. The SMILES string of the molecule is CCCn1cc(Br)cc1C(=O)N1CCCC(CN)C1. The molecule has 1 aliphatic rings. The fourth-order valence-electron chi connectivity index (χ4n) is 2.68. The quantitative estimate of drug-likeness (QED) is 0.923. The minimum absolute atomic E-state index is 0.136. The molecule has 0 bridgehead atoms. The van der Waals surface area contributed by atoms with E-state index in [1.165, 1.54) is 0 Å². The smallest absolute Gasteiger partial charge is 0.270 e. The third-order valence-electron chi connectivity index (χ3n) is 3.69. The number of amides is 1. The van der Waals surface area contributed by atoms with Crippen molar-refractivity contribution in [3.63, 3.8) is 0 Å². The molecule has 1 aliphatic heterocycles. The second-order valence-electron chi connectivity index (χ2n) is 5.23. The molecule has 0 aliphatic carbocycles. The lowest BCUT2D eigenvalue weighted by Gasteiger charge is -2.32. The summed E-state index contributed by atoms with van der Waals surface area (Å²) in [4.78, 5) is 14.6. The number of carbonyl (C=O) groups is 1. The molecule has 1 saturated heterocycles. The maximum absolute atomic E-state index is 12.6. The molecule has 2 heterocycles. The van der Waals surface area contributed by atoms with Gasteiger partial charge in [0.2, 0.25) is 0 Å². The predicted octanol–water partition coefficient (Wildman–Crippen LogP) is 2.47. The largest absolute Gasteiger partial charge is 0.342 e. The molecule has 0 saturated carbocycles. The van der Waals surface area contributed by atoms with E-state index in [0.29, 0.717) is 12.5 Å². The van der Waals surface area contributed by atoms with Crippen LogP contribution in [0.1, 0.15) is 36.7 Å². The van der Waals surface area contributed by atoms with Gasteiger partial charge in [-0.15, -0.1) is 0 Å². The monoisotopic (exact) mass is 327 g/mol. The fourth-order valence-corrected chi connectivity index (χ4v) is 3.15. The van der Waals surface area contributed by atoms with Crippen LogP contribution in [0.3, 0.4) is 0 Å². The van der Waals surface area contributed by atoms with Gasteiger partial charge in [0.05, 0.1) is 0 Å². The van der Waals surface area contributed by atoms with Gasteiger partial charge in [-0.25, -0.2) is 0 Å². The van der Waals surface area contributed by atoms with Crippen LogP contribution in [0.25, 0.3) is 0 Å². The first kappa shape index (κ1) is 14.6. The number of nitrogens with two attached hydrogens (primary N) is 1. The van der Waals surface area contributed by atoms with Crippen LogP contribution in [0.2, 0.25) is 0 Å². The molecule has 5 heteroatoms. The van der Waals surface area contributed by atoms with Crippen molar-refractivity contribution in [3.05, 3.63) is 22.4 Å². The molecule has 1 aromatic rings. The Labute approximate surface area is 123 Å². The Bertz CT molecular complexity index is 444. The molecule has 1 fully saturated rings. The van der Waals surface area contributed by atoms with Crippen LogP contribution in [0.4, 0.5) is 0 Å². The number of piperidine rings is 1. The van der Waals surface area contributed by atoms with Crippen LogP contribution in [-0.4, -0.2) is 35.0 Å². The van der Waals surface area contributed by atoms with E-state index in [2.05, 4.69) is 22.9 Å². The lowest BCUT2D eigenvalue weighted by atomic mass is 9.98. The van der Waals surface area contributed by atoms with Crippen LogP contribution in [0, 0.1) is 5.92 Å². The zero-order valence-electron chi connectivity index (χ0n) is 11.4. The summed E-state index contributed by atoms with van der Waals surface area (Å²) in [5, 5.41) is 0. The molecule has 2 N–H and O–H groups in total. The number of likely N-dealkylation sites (tertiary alicyclic amines) is 1. The third-order valence-corrected chi connectivity index (χ3v) is 4.12. The van der Waals surface area contributed by atoms with Gasteiger partial charge >= 0.3 is 0 Å². The van der Waals surface area contributed by atoms with Crippen molar-refractivity contribution in [3.8, 4) is 0 Å². The molecule has 2 rings (SSSR count). The van der Waals surface area contributed by atoms with E-state index in [0.717, 1.165) is 49.1 Å². The molecule has 19 heavy (non-hydrogen) atoms. The fraction of sp³-hybridized carbons (Fsp3) is 0.643. The van der Waals surface area contributed by atoms with Gasteiger partial charge in [-0.1, -0.05) is 6.92 Å². The first-order valence-electron chi connectivity index (χ1n) is 7.00. The Morgan fingerprint density at radius 1 is 1.58 bits per heavy atom. The molecule has 106 valence electrons. The molecule has 1 unspecified atom stereocenters. The van der Waals surface area contributed by atoms with Gasteiger partial charge in [0, 0.05) is 30.3 Å². The summed E-state index contributed by atoms with van der Waals surface area (Å²) >= 11 is 3.46. The Morgan fingerprint density at radius 3 is 3.05 bits per heavy atom. The Morgan fingerprint density at radius 2 is 2.37 bits per heavy atom. The van der Waals surface area contributed by atoms with Crippen molar-refractivity contribution in [1.29, 1.82) is 0 Å². The summed E-state index contributed by atoms with van der Waals surface area (Å²) < 4.78 is 3.01. The summed E-state index contributed by atoms with van der Waals surface area (Å²) in [7, 11) is 0. The van der Waals surface area contributed by atoms with Crippen LogP contribution >= 0.6 is 15.9 Å². The number of halogens is 1. The number of nitrogens with zero attached hydrogens (tertiary/aromatic N) is 2. The van der Waals surface area contributed by atoms with Crippen LogP contribution in [0.15, 0.2) is 16.7 Å². The Balaban J connectivity index is 2.14. The van der Waals surface area contributed by atoms with E-state index in [1.54, 1.807) is 0 Å². The topological polar surface area (TPSA) is 51.3 Å². The highest BCUT2D eigenvalue weighted by atomic mass is 79.9. The highest BCUT2D eigenvalue weighted by Crippen LogP contribution is 2.21. The van der Waals surface area contributed by atoms with Gasteiger partial charge in [0.15, 0.2) is 0 Å². The van der Waals surface area contributed by atoms with Crippen molar-refractivity contribution < 1.29 is 4.79 Å². The van der Waals surface area contributed by atoms with E-state index in [4.69, 9.17) is 5.73 Å². The number of carbonyl (C=O) groups excluding carboxylic acids is 1. The lowest BCUT2D eigenvalue weighted by molar-refractivity contribution is 0.0667. The lowest BCUT2D eigenvalue weighted by Crippen LogP contribution is -2.42. The first-order chi connectivity index (χ1) is 9.15.